The van der Waals surface area contributed by atoms with Crippen molar-refractivity contribution in [1.82, 2.24) is 9.55 Å². The SMILES string of the molecule is Cc1ccc(CNc2nc3ccccc3n2Cc2ccc(C(C)(C)C)cc2)o1. The molecule has 144 valence electrons. The monoisotopic (exact) mass is 373 g/mol. The van der Waals surface area contributed by atoms with Crippen LogP contribution in [0.25, 0.3) is 11.0 Å². The van der Waals surface area contributed by atoms with Gasteiger partial charge in [0.2, 0.25) is 5.95 Å². The van der Waals surface area contributed by atoms with Gasteiger partial charge in [-0.15, -0.1) is 0 Å². The van der Waals surface area contributed by atoms with Gasteiger partial charge < -0.3 is 14.3 Å². The highest BCUT2D eigenvalue weighted by atomic mass is 16.3. The van der Waals surface area contributed by atoms with Crippen molar-refractivity contribution >= 4 is 17.0 Å². The molecule has 0 radical (unpaired) electrons. The Morgan fingerprint density at radius 2 is 1.71 bits per heavy atom. The molecule has 0 amide bonds. The first-order chi connectivity index (χ1) is 13.4. The Bertz CT molecular complexity index is 1080. The van der Waals surface area contributed by atoms with E-state index in [2.05, 4.69) is 73.1 Å². The van der Waals surface area contributed by atoms with Gasteiger partial charge >= 0.3 is 0 Å². The largest absolute Gasteiger partial charge is 0.465 e. The lowest BCUT2D eigenvalue weighted by Gasteiger charge is -2.19. The molecule has 2 aromatic heterocycles. The number of nitrogens with zero attached hydrogens (tertiary/aromatic N) is 2. The third-order valence-electron chi connectivity index (χ3n) is 5.03. The van der Waals surface area contributed by atoms with Crippen molar-refractivity contribution < 1.29 is 4.42 Å². The van der Waals surface area contributed by atoms with Crippen LogP contribution in [-0.2, 0) is 18.5 Å². The molecule has 2 heterocycles. The Balaban J connectivity index is 1.63. The second-order valence-corrected chi connectivity index (χ2v) is 8.32. The van der Waals surface area contributed by atoms with E-state index in [9.17, 15) is 0 Å². The number of para-hydroxylation sites is 2. The summed E-state index contributed by atoms with van der Waals surface area (Å²) in [5.74, 6) is 2.69. The zero-order valence-electron chi connectivity index (χ0n) is 17.0. The van der Waals surface area contributed by atoms with Crippen LogP contribution in [0, 0.1) is 6.92 Å². The van der Waals surface area contributed by atoms with Crippen LogP contribution in [0.3, 0.4) is 0 Å². The second kappa shape index (κ2) is 7.19. The van der Waals surface area contributed by atoms with E-state index in [0.29, 0.717) is 6.54 Å². The summed E-state index contributed by atoms with van der Waals surface area (Å²) in [6.45, 7) is 10.1. The number of anilines is 1. The number of aromatic nitrogens is 2. The number of hydrogen-bond donors (Lipinski definition) is 1. The van der Waals surface area contributed by atoms with Gasteiger partial charge in [-0.2, -0.15) is 0 Å². The normalized spacial score (nSPS) is 11.9. The Hall–Kier alpha value is -3.01. The molecule has 0 bridgehead atoms. The van der Waals surface area contributed by atoms with Crippen LogP contribution < -0.4 is 5.32 Å². The lowest BCUT2D eigenvalue weighted by atomic mass is 9.87. The van der Waals surface area contributed by atoms with Gasteiger partial charge in [0.25, 0.3) is 0 Å². The summed E-state index contributed by atoms with van der Waals surface area (Å²) in [6.07, 6.45) is 0. The van der Waals surface area contributed by atoms with Crippen molar-refractivity contribution in [3.8, 4) is 0 Å². The van der Waals surface area contributed by atoms with Crippen LogP contribution in [0.1, 0.15) is 43.4 Å². The number of hydrogen-bond acceptors (Lipinski definition) is 3. The smallest absolute Gasteiger partial charge is 0.204 e. The molecule has 0 atom stereocenters. The number of aryl methyl sites for hydroxylation is 1. The minimum absolute atomic E-state index is 0.161. The van der Waals surface area contributed by atoms with Crippen LogP contribution >= 0.6 is 0 Å². The molecule has 1 N–H and O–H groups in total. The molecule has 4 rings (SSSR count). The van der Waals surface area contributed by atoms with E-state index >= 15 is 0 Å². The molecule has 0 aliphatic carbocycles. The Kier molecular flexibility index (Phi) is 4.71. The Morgan fingerprint density at radius 3 is 2.39 bits per heavy atom. The molecule has 4 heteroatoms. The van der Waals surface area contributed by atoms with Crippen LogP contribution in [-0.4, -0.2) is 9.55 Å². The van der Waals surface area contributed by atoms with Crippen LogP contribution in [0.2, 0.25) is 0 Å². The van der Waals surface area contributed by atoms with Crippen LogP contribution in [0.5, 0.6) is 0 Å². The third kappa shape index (κ3) is 3.81. The first-order valence-electron chi connectivity index (χ1n) is 9.74. The fraction of sp³-hybridized carbons (Fsp3) is 0.292. The number of benzene rings is 2. The van der Waals surface area contributed by atoms with Crippen molar-refractivity contribution in [2.24, 2.45) is 0 Å². The summed E-state index contributed by atoms with van der Waals surface area (Å²) in [5, 5.41) is 3.45. The summed E-state index contributed by atoms with van der Waals surface area (Å²) in [5.41, 5.74) is 4.88. The summed E-state index contributed by atoms with van der Waals surface area (Å²) < 4.78 is 7.92. The van der Waals surface area contributed by atoms with Crippen molar-refractivity contribution in [3.63, 3.8) is 0 Å². The van der Waals surface area contributed by atoms with Crippen molar-refractivity contribution in [2.45, 2.75) is 46.2 Å². The lowest BCUT2D eigenvalue weighted by molar-refractivity contribution is 0.490. The zero-order chi connectivity index (χ0) is 19.7. The van der Waals surface area contributed by atoms with Gasteiger partial charge in [-0.05, 0) is 47.7 Å². The van der Waals surface area contributed by atoms with Gasteiger partial charge in [0, 0.05) is 0 Å². The quantitative estimate of drug-likeness (QED) is 0.474. The van der Waals surface area contributed by atoms with E-state index in [1.807, 2.05) is 25.1 Å². The molecule has 0 aliphatic heterocycles. The average Bonchev–Trinajstić information content (AvgIpc) is 3.23. The van der Waals surface area contributed by atoms with Gasteiger partial charge in [0.1, 0.15) is 11.5 Å². The molecule has 0 spiro atoms. The van der Waals surface area contributed by atoms with Crippen LogP contribution in [0.4, 0.5) is 5.95 Å². The highest BCUT2D eigenvalue weighted by Gasteiger charge is 2.14. The highest BCUT2D eigenvalue weighted by Crippen LogP contribution is 2.25. The van der Waals surface area contributed by atoms with Gasteiger partial charge in [-0.25, -0.2) is 4.98 Å². The number of nitrogens with one attached hydrogen (secondary N) is 1. The highest BCUT2D eigenvalue weighted by molar-refractivity contribution is 5.78. The fourth-order valence-corrected chi connectivity index (χ4v) is 3.41. The van der Waals surface area contributed by atoms with E-state index in [1.165, 1.54) is 11.1 Å². The number of furan rings is 1. The molecule has 4 aromatic rings. The summed E-state index contributed by atoms with van der Waals surface area (Å²) in [7, 11) is 0. The maximum atomic E-state index is 5.68. The predicted molar refractivity (Wildman–Crippen MR) is 115 cm³/mol. The van der Waals surface area contributed by atoms with Crippen molar-refractivity contribution in [2.75, 3.05) is 5.32 Å². The van der Waals surface area contributed by atoms with Crippen molar-refractivity contribution in [1.29, 1.82) is 0 Å². The van der Waals surface area contributed by atoms with Gasteiger partial charge in [-0.1, -0.05) is 57.2 Å². The second-order valence-electron chi connectivity index (χ2n) is 8.32. The third-order valence-corrected chi connectivity index (χ3v) is 5.03. The predicted octanol–water partition coefficient (Wildman–Crippen LogP) is 5.90. The molecule has 2 aromatic carbocycles. The molecular formula is C24H27N3O. The maximum Gasteiger partial charge on any atom is 0.204 e. The van der Waals surface area contributed by atoms with E-state index in [0.717, 1.165) is 35.0 Å². The van der Waals surface area contributed by atoms with Gasteiger partial charge in [-0.3, -0.25) is 0 Å². The average molecular weight is 374 g/mol. The van der Waals surface area contributed by atoms with E-state index in [4.69, 9.17) is 9.40 Å². The molecule has 4 nitrogen and oxygen atoms in total. The van der Waals surface area contributed by atoms with Gasteiger partial charge in [0.05, 0.1) is 24.1 Å². The minimum Gasteiger partial charge on any atom is -0.465 e. The maximum absolute atomic E-state index is 5.68. The summed E-state index contributed by atoms with van der Waals surface area (Å²) in [6, 6.07) is 21.1. The van der Waals surface area contributed by atoms with E-state index in [-0.39, 0.29) is 5.41 Å². The fourth-order valence-electron chi connectivity index (χ4n) is 3.41. The van der Waals surface area contributed by atoms with E-state index in [1.54, 1.807) is 0 Å². The summed E-state index contributed by atoms with van der Waals surface area (Å²) >= 11 is 0. The number of rotatable bonds is 5. The Labute approximate surface area is 166 Å². The number of fused-ring (bicyclic) bond motifs is 1. The molecular weight excluding hydrogens is 346 g/mol. The molecule has 28 heavy (non-hydrogen) atoms. The molecule has 0 saturated heterocycles. The molecule has 0 unspecified atom stereocenters. The first-order valence-corrected chi connectivity index (χ1v) is 9.74. The molecule has 0 fully saturated rings. The molecule has 0 aliphatic rings. The number of imidazole rings is 1. The molecule has 0 saturated carbocycles. The standard InChI is InChI=1S/C24H27N3O/c1-17-9-14-20(28-17)15-25-23-26-21-7-5-6-8-22(21)27(23)16-18-10-12-19(13-11-18)24(2,3)4/h5-14H,15-16H2,1-4H3,(H,25,26). The summed E-state index contributed by atoms with van der Waals surface area (Å²) in [4.78, 5) is 4.80. The first kappa shape index (κ1) is 18.4. The zero-order valence-corrected chi connectivity index (χ0v) is 17.0. The Morgan fingerprint density at radius 1 is 0.964 bits per heavy atom. The van der Waals surface area contributed by atoms with E-state index < -0.39 is 0 Å². The minimum atomic E-state index is 0.161. The lowest BCUT2D eigenvalue weighted by Crippen LogP contribution is -2.11. The van der Waals surface area contributed by atoms with Gasteiger partial charge in [0.15, 0.2) is 0 Å². The van der Waals surface area contributed by atoms with Crippen LogP contribution in [0.15, 0.2) is 65.1 Å². The topological polar surface area (TPSA) is 43.0 Å². The van der Waals surface area contributed by atoms with Crippen molar-refractivity contribution in [3.05, 3.63) is 83.3 Å².